The lowest BCUT2D eigenvalue weighted by atomic mass is 9.83. The van der Waals surface area contributed by atoms with Crippen LogP contribution in [-0.2, 0) is 6.42 Å². The molecule has 0 heterocycles. The van der Waals surface area contributed by atoms with Crippen LogP contribution in [0.2, 0.25) is 0 Å². The molecule has 1 nitrogen and oxygen atoms in total. The lowest BCUT2D eigenvalue weighted by molar-refractivity contribution is 0.316. The van der Waals surface area contributed by atoms with Crippen LogP contribution in [-0.4, -0.2) is 6.04 Å². The van der Waals surface area contributed by atoms with Gasteiger partial charge in [-0.15, -0.1) is 0 Å². The summed E-state index contributed by atoms with van der Waals surface area (Å²) in [5.74, 6) is 0.884. The lowest BCUT2D eigenvalue weighted by Crippen LogP contribution is -2.27. The Morgan fingerprint density at radius 1 is 1.05 bits per heavy atom. The summed E-state index contributed by atoms with van der Waals surface area (Å²) in [6.07, 6.45) is 9.34. The molecule has 0 amide bonds. The molecule has 1 unspecified atom stereocenters. The summed E-state index contributed by atoms with van der Waals surface area (Å²) in [6, 6.07) is 4.91. The van der Waals surface area contributed by atoms with Crippen molar-refractivity contribution in [2.24, 2.45) is 11.7 Å². The van der Waals surface area contributed by atoms with E-state index in [1.54, 1.807) is 0 Å². The molecule has 1 fully saturated rings. The van der Waals surface area contributed by atoms with E-state index in [9.17, 15) is 0 Å². The maximum absolute atomic E-state index is 6.41. The molecule has 1 aromatic rings. The molecule has 0 saturated heterocycles. The Hall–Kier alpha value is -0.820. The van der Waals surface area contributed by atoms with E-state index in [1.165, 1.54) is 60.8 Å². The van der Waals surface area contributed by atoms with Crippen LogP contribution in [0.15, 0.2) is 12.1 Å². The fourth-order valence-corrected chi connectivity index (χ4v) is 3.73. The van der Waals surface area contributed by atoms with Crippen LogP contribution in [0.1, 0.15) is 60.8 Å². The quantitative estimate of drug-likeness (QED) is 0.849. The molecule has 0 aromatic heterocycles. The monoisotopic (exact) mass is 259 g/mol. The largest absolute Gasteiger partial charge is 0.327 e. The van der Waals surface area contributed by atoms with E-state index in [0.717, 1.165) is 12.3 Å². The van der Waals surface area contributed by atoms with Crippen LogP contribution in [0.3, 0.4) is 0 Å². The van der Waals surface area contributed by atoms with Gasteiger partial charge in [0.05, 0.1) is 0 Å². The van der Waals surface area contributed by atoms with Gasteiger partial charge in [0.25, 0.3) is 0 Å². The molecule has 2 rings (SSSR count). The Bertz CT molecular complexity index is 393. The minimum Gasteiger partial charge on any atom is -0.327 e. The van der Waals surface area contributed by atoms with Crippen molar-refractivity contribution in [3.05, 3.63) is 34.4 Å². The molecule has 2 N–H and O–H groups in total. The van der Waals surface area contributed by atoms with Gasteiger partial charge in [-0.1, -0.05) is 49.8 Å². The third-order valence-electron chi connectivity index (χ3n) is 4.67. The topological polar surface area (TPSA) is 26.0 Å². The molecule has 19 heavy (non-hydrogen) atoms. The molecule has 0 aliphatic heterocycles. The van der Waals surface area contributed by atoms with E-state index in [-0.39, 0.29) is 0 Å². The molecular formula is C18H29N. The van der Waals surface area contributed by atoms with Crippen molar-refractivity contribution in [3.63, 3.8) is 0 Å². The molecular weight excluding hydrogens is 230 g/mol. The number of benzene rings is 1. The summed E-state index contributed by atoms with van der Waals surface area (Å²) < 4.78 is 0. The average Bonchev–Trinajstić information content (AvgIpc) is 2.35. The standard InChI is InChI=1S/C18H29N/c1-13-9-14(2)18(15(3)10-13)12-17(19)11-16-7-5-4-6-8-16/h9-10,16-17H,4-8,11-12,19H2,1-3H3. The van der Waals surface area contributed by atoms with E-state index in [1.807, 2.05) is 0 Å². The fraction of sp³-hybridized carbons (Fsp3) is 0.667. The van der Waals surface area contributed by atoms with Crippen molar-refractivity contribution < 1.29 is 0 Å². The van der Waals surface area contributed by atoms with E-state index in [0.29, 0.717) is 6.04 Å². The summed E-state index contributed by atoms with van der Waals surface area (Å²) in [7, 11) is 0. The molecule has 1 aromatic carbocycles. The van der Waals surface area contributed by atoms with Crippen LogP contribution in [0.25, 0.3) is 0 Å². The second-order valence-corrected chi connectivity index (χ2v) is 6.58. The molecule has 0 spiro atoms. The van der Waals surface area contributed by atoms with Gasteiger partial charge in [-0.05, 0) is 56.2 Å². The van der Waals surface area contributed by atoms with Crippen molar-refractivity contribution in [3.8, 4) is 0 Å². The Kier molecular flexibility index (Phi) is 5.04. The second kappa shape index (κ2) is 6.56. The summed E-state index contributed by atoms with van der Waals surface area (Å²) in [5, 5.41) is 0. The molecule has 1 aliphatic carbocycles. The third-order valence-corrected chi connectivity index (χ3v) is 4.67. The minimum atomic E-state index is 0.336. The van der Waals surface area contributed by atoms with Crippen LogP contribution >= 0.6 is 0 Å². The van der Waals surface area contributed by atoms with Gasteiger partial charge < -0.3 is 5.73 Å². The SMILES string of the molecule is Cc1cc(C)c(CC(N)CC2CCCCC2)c(C)c1. The van der Waals surface area contributed by atoms with Gasteiger partial charge >= 0.3 is 0 Å². The first kappa shape index (κ1) is 14.6. The van der Waals surface area contributed by atoms with Gasteiger partial charge in [0, 0.05) is 6.04 Å². The Morgan fingerprint density at radius 3 is 2.21 bits per heavy atom. The van der Waals surface area contributed by atoms with Gasteiger partial charge in [-0.2, -0.15) is 0 Å². The minimum absolute atomic E-state index is 0.336. The molecule has 1 saturated carbocycles. The molecule has 1 heteroatoms. The maximum Gasteiger partial charge on any atom is 0.00821 e. The zero-order valence-electron chi connectivity index (χ0n) is 12.8. The predicted molar refractivity (Wildman–Crippen MR) is 83.5 cm³/mol. The zero-order valence-corrected chi connectivity index (χ0v) is 12.8. The van der Waals surface area contributed by atoms with Crippen molar-refractivity contribution in [1.29, 1.82) is 0 Å². The molecule has 1 aliphatic rings. The summed E-state index contributed by atoms with van der Waals surface area (Å²) in [5.41, 5.74) is 12.1. The highest BCUT2D eigenvalue weighted by molar-refractivity contribution is 5.37. The Morgan fingerprint density at radius 2 is 1.63 bits per heavy atom. The van der Waals surface area contributed by atoms with Crippen molar-refractivity contribution in [1.82, 2.24) is 0 Å². The van der Waals surface area contributed by atoms with Crippen molar-refractivity contribution in [2.45, 2.75) is 71.8 Å². The van der Waals surface area contributed by atoms with Crippen LogP contribution in [0.4, 0.5) is 0 Å². The van der Waals surface area contributed by atoms with E-state index < -0.39 is 0 Å². The number of nitrogens with two attached hydrogens (primary N) is 1. The highest BCUT2D eigenvalue weighted by Gasteiger charge is 2.18. The summed E-state index contributed by atoms with van der Waals surface area (Å²) in [4.78, 5) is 0. The predicted octanol–water partition coefficient (Wildman–Crippen LogP) is 4.45. The first-order chi connectivity index (χ1) is 9.06. The molecule has 0 bridgehead atoms. The summed E-state index contributed by atoms with van der Waals surface area (Å²) >= 11 is 0. The van der Waals surface area contributed by atoms with Gasteiger partial charge in [0.1, 0.15) is 0 Å². The number of rotatable bonds is 4. The number of aryl methyl sites for hydroxylation is 3. The molecule has 0 radical (unpaired) electrons. The third kappa shape index (κ3) is 4.07. The second-order valence-electron chi connectivity index (χ2n) is 6.58. The maximum atomic E-state index is 6.41. The van der Waals surface area contributed by atoms with Crippen LogP contribution < -0.4 is 5.73 Å². The van der Waals surface area contributed by atoms with E-state index >= 15 is 0 Å². The lowest BCUT2D eigenvalue weighted by Gasteiger charge is -2.25. The zero-order chi connectivity index (χ0) is 13.8. The van der Waals surface area contributed by atoms with E-state index in [2.05, 4.69) is 32.9 Å². The smallest absolute Gasteiger partial charge is 0.00821 e. The van der Waals surface area contributed by atoms with Gasteiger partial charge in [-0.25, -0.2) is 0 Å². The van der Waals surface area contributed by atoms with Crippen LogP contribution in [0.5, 0.6) is 0 Å². The molecule has 1 atom stereocenters. The van der Waals surface area contributed by atoms with E-state index in [4.69, 9.17) is 5.73 Å². The van der Waals surface area contributed by atoms with Gasteiger partial charge in [0.2, 0.25) is 0 Å². The first-order valence-corrected chi connectivity index (χ1v) is 7.88. The van der Waals surface area contributed by atoms with Crippen molar-refractivity contribution >= 4 is 0 Å². The van der Waals surface area contributed by atoms with Crippen molar-refractivity contribution in [2.75, 3.05) is 0 Å². The first-order valence-electron chi connectivity index (χ1n) is 7.88. The van der Waals surface area contributed by atoms with Crippen LogP contribution in [0, 0.1) is 26.7 Å². The highest BCUT2D eigenvalue weighted by atomic mass is 14.6. The fourth-order valence-electron chi connectivity index (χ4n) is 3.73. The summed E-state index contributed by atoms with van der Waals surface area (Å²) in [6.45, 7) is 6.62. The Labute approximate surface area is 118 Å². The molecule has 106 valence electrons. The number of hydrogen-bond acceptors (Lipinski definition) is 1. The van der Waals surface area contributed by atoms with Gasteiger partial charge in [-0.3, -0.25) is 0 Å². The number of hydrogen-bond donors (Lipinski definition) is 1. The van der Waals surface area contributed by atoms with Gasteiger partial charge in [0.15, 0.2) is 0 Å². The average molecular weight is 259 g/mol. The highest BCUT2D eigenvalue weighted by Crippen LogP contribution is 2.28. The Balaban J connectivity index is 1.96. The normalized spacial score (nSPS) is 18.5.